The van der Waals surface area contributed by atoms with E-state index < -0.39 is 17.8 Å². The number of carbonyl (C=O) groups is 3. The van der Waals surface area contributed by atoms with Gasteiger partial charge in [-0.2, -0.15) is 0 Å². The van der Waals surface area contributed by atoms with Crippen molar-refractivity contribution in [2.45, 2.75) is 53.4 Å². The fraction of sp³-hybridized carbons (Fsp3) is 0.483. The second-order valence-electron chi connectivity index (χ2n) is 9.67. The zero-order chi connectivity index (χ0) is 28.5. The zero-order valence-corrected chi connectivity index (χ0v) is 23.4. The molecule has 0 spiro atoms. The molecule has 3 amide bonds. The summed E-state index contributed by atoms with van der Waals surface area (Å²) in [6.45, 7) is 10.7. The van der Waals surface area contributed by atoms with Crippen molar-refractivity contribution in [2.24, 2.45) is 5.73 Å². The predicted octanol–water partition coefficient (Wildman–Crippen LogP) is 4.70. The highest BCUT2D eigenvalue weighted by molar-refractivity contribution is 6.35. The quantitative estimate of drug-likeness (QED) is 0.250. The van der Waals surface area contributed by atoms with Gasteiger partial charge in [-0.05, 0) is 76.2 Å². The summed E-state index contributed by atoms with van der Waals surface area (Å²) < 4.78 is 19.4. The SMILES string of the molecule is CCN(CC)CCN(C(=O)OCCCCCCN)C(=O)c1c(C)[nH]c(C=C2C(=O)Nc3ccc(F)cc32)c1C. The number of nitrogens with two attached hydrogens (primary N) is 1. The number of H-pyrrole nitrogens is 1. The lowest BCUT2D eigenvalue weighted by atomic mass is 10.0. The van der Waals surface area contributed by atoms with E-state index in [9.17, 15) is 18.8 Å². The molecule has 1 aromatic carbocycles. The molecule has 0 saturated heterocycles. The molecule has 0 saturated carbocycles. The van der Waals surface area contributed by atoms with Crippen molar-refractivity contribution in [3.63, 3.8) is 0 Å². The molecule has 9 nitrogen and oxygen atoms in total. The van der Waals surface area contributed by atoms with Gasteiger partial charge in [0.25, 0.3) is 11.8 Å². The average Bonchev–Trinajstić information content (AvgIpc) is 3.37. The van der Waals surface area contributed by atoms with Gasteiger partial charge in [-0.1, -0.05) is 26.7 Å². The summed E-state index contributed by atoms with van der Waals surface area (Å²) in [4.78, 5) is 45.9. The first kappa shape index (κ1) is 30.0. The van der Waals surface area contributed by atoms with Crippen LogP contribution in [0.5, 0.6) is 0 Å². The number of unbranched alkanes of at least 4 members (excludes halogenated alkanes) is 3. The van der Waals surface area contributed by atoms with E-state index in [1.165, 1.54) is 18.2 Å². The number of aromatic nitrogens is 1. The summed E-state index contributed by atoms with van der Waals surface area (Å²) in [6.07, 6.45) is 4.42. The van der Waals surface area contributed by atoms with E-state index in [4.69, 9.17) is 10.5 Å². The molecule has 1 aliphatic heterocycles. The Morgan fingerprint density at radius 1 is 1.08 bits per heavy atom. The molecule has 0 unspecified atom stereocenters. The number of aromatic amines is 1. The molecule has 0 fully saturated rings. The van der Waals surface area contributed by atoms with E-state index in [-0.39, 0.29) is 19.1 Å². The highest BCUT2D eigenvalue weighted by Crippen LogP contribution is 2.34. The maximum Gasteiger partial charge on any atom is 0.416 e. The molecule has 2 heterocycles. The van der Waals surface area contributed by atoms with Gasteiger partial charge in [0, 0.05) is 35.7 Å². The van der Waals surface area contributed by atoms with E-state index in [1.54, 1.807) is 19.9 Å². The highest BCUT2D eigenvalue weighted by atomic mass is 19.1. The number of rotatable bonds is 13. The lowest BCUT2D eigenvalue weighted by molar-refractivity contribution is -0.110. The third-order valence-electron chi connectivity index (χ3n) is 7.07. The van der Waals surface area contributed by atoms with Crippen molar-refractivity contribution >= 4 is 35.2 Å². The first-order valence-electron chi connectivity index (χ1n) is 13.6. The van der Waals surface area contributed by atoms with Crippen molar-refractivity contribution < 1.29 is 23.5 Å². The molecule has 1 aliphatic rings. The number of imide groups is 1. The van der Waals surface area contributed by atoms with E-state index in [2.05, 4.69) is 15.2 Å². The predicted molar refractivity (Wildman–Crippen MR) is 151 cm³/mol. The number of aryl methyl sites for hydroxylation is 1. The van der Waals surface area contributed by atoms with Crippen LogP contribution in [0.3, 0.4) is 0 Å². The van der Waals surface area contributed by atoms with E-state index in [0.29, 0.717) is 58.8 Å². The second-order valence-corrected chi connectivity index (χ2v) is 9.67. The molecule has 0 aliphatic carbocycles. The first-order valence-corrected chi connectivity index (χ1v) is 13.6. The van der Waals surface area contributed by atoms with Crippen molar-refractivity contribution in [1.29, 1.82) is 0 Å². The number of amides is 3. The minimum atomic E-state index is -0.676. The molecule has 39 heavy (non-hydrogen) atoms. The number of carbonyl (C=O) groups excluding carboxylic acids is 3. The molecule has 0 radical (unpaired) electrons. The lowest BCUT2D eigenvalue weighted by Crippen LogP contribution is -2.43. The summed E-state index contributed by atoms with van der Waals surface area (Å²) >= 11 is 0. The summed E-state index contributed by atoms with van der Waals surface area (Å²) in [6, 6.07) is 4.11. The van der Waals surface area contributed by atoms with Crippen LogP contribution in [-0.4, -0.2) is 72.0 Å². The Kier molecular flexibility index (Phi) is 10.8. The number of hydrogen-bond donors (Lipinski definition) is 3. The fourth-order valence-corrected chi connectivity index (χ4v) is 4.72. The minimum Gasteiger partial charge on any atom is -0.449 e. The Balaban J connectivity index is 1.85. The van der Waals surface area contributed by atoms with Gasteiger partial charge in [0.05, 0.1) is 17.7 Å². The Labute approximate surface area is 229 Å². The van der Waals surface area contributed by atoms with Crippen LogP contribution < -0.4 is 11.1 Å². The van der Waals surface area contributed by atoms with Crippen LogP contribution in [0.4, 0.5) is 14.9 Å². The molecule has 10 heteroatoms. The number of ether oxygens (including phenoxy) is 1. The maximum atomic E-state index is 13.9. The van der Waals surface area contributed by atoms with Gasteiger partial charge >= 0.3 is 6.09 Å². The number of benzene rings is 1. The fourth-order valence-electron chi connectivity index (χ4n) is 4.72. The number of fused-ring (bicyclic) bond motifs is 1. The lowest BCUT2D eigenvalue weighted by Gasteiger charge is -2.25. The molecular weight excluding hydrogens is 501 g/mol. The van der Waals surface area contributed by atoms with Crippen LogP contribution in [0, 0.1) is 19.7 Å². The van der Waals surface area contributed by atoms with E-state index in [0.717, 1.165) is 37.3 Å². The van der Waals surface area contributed by atoms with Gasteiger partial charge in [-0.15, -0.1) is 0 Å². The third-order valence-corrected chi connectivity index (χ3v) is 7.07. The van der Waals surface area contributed by atoms with Gasteiger partial charge in [0.2, 0.25) is 0 Å². The molecule has 0 atom stereocenters. The highest BCUT2D eigenvalue weighted by Gasteiger charge is 2.30. The Morgan fingerprint density at radius 2 is 1.79 bits per heavy atom. The normalized spacial score (nSPS) is 13.6. The van der Waals surface area contributed by atoms with Crippen molar-refractivity contribution in [2.75, 3.05) is 44.6 Å². The Bertz CT molecular complexity index is 1220. The van der Waals surface area contributed by atoms with Crippen molar-refractivity contribution in [1.82, 2.24) is 14.8 Å². The standard InChI is InChI=1S/C29H40FN5O4/c1-5-34(6-2)14-15-35(29(38)39-16-10-8-7-9-13-31)28(37)26-19(3)25(32-20(26)4)18-23-22-17-21(30)11-12-24(22)33-27(23)36/h11-12,17-18,32H,5-10,13-16,31H2,1-4H3,(H,33,36). The molecule has 4 N–H and O–H groups in total. The molecule has 2 aromatic rings. The van der Waals surface area contributed by atoms with Gasteiger partial charge in [-0.3, -0.25) is 9.59 Å². The monoisotopic (exact) mass is 541 g/mol. The van der Waals surface area contributed by atoms with Crippen LogP contribution in [-0.2, 0) is 9.53 Å². The molecule has 3 rings (SSSR count). The molecular formula is C29H40FN5O4. The van der Waals surface area contributed by atoms with E-state index >= 15 is 0 Å². The molecule has 0 bridgehead atoms. The largest absolute Gasteiger partial charge is 0.449 e. The summed E-state index contributed by atoms with van der Waals surface area (Å²) in [7, 11) is 0. The van der Waals surface area contributed by atoms with E-state index in [1.807, 2.05) is 13.8 Å². The molecule has 212 valence electrons. The van der Waals surface area contributed by atoms with Gasteiger partial charge in [0.15, 0.2) is 0 Å². The van der Waals surface area contributed by atoms with Gasteiger partial charge in [0.1, 0.15) is 5.82 Å². The van der Waals surface area contributed by atoms with Crippen LogP contribution in [0.2, 0.25) is 0 Å². The summed E-state index contributed by atoms with van der Waals surface area (Å²) in [5.41, 5.74) is 8.83. The average molecular weight is 542 g/mol. The number of hydrogen-bond acceptors (Lipinski definition) is 6. The first-order chi connectivity index (χ1) is 18.7. The smallest absolute Gasteiger partial charge is 0.416 e. The summed E-state index contributed by atoms with van der Waals surface area (Å²) in [5, 5.41) is 2.73. The van der Waals surface area contributed by atoms with Crippen LogP contribution in [0.25, 0.3) is 11.6 Å². The van der Waals surface area contributed by atoms with Crippen LogP contribution in [0.15, 0.2) is 18.2 Å². The maximum absolute atomic E-state index is 13.9. The Morgan fingerprint density at radius 3 is 2.49 bits per heavy atom. The number of nitrogens with zero attached hydrogens (tertiary/aromatic N) is 2. The number of halogens is 1. The minimum absolute atomic E-state index is 0.183. The zero-order valence-electron chi connectivity index (χ0n) is 23.4. The molecule has 1 aromatic heterocycles. The summed E-state index contributed by atoms with van der Waals surface area (Å²) in [5.74, 6) is -1.27. The Hall–Kier alpha value is -3.50. The topological polar surface area (TPSA) is 121 Å². The van der Waals surface area contributed by atoms with Crippen molar-refractivity contribution in [3.8, 4) is 0 Å². The van der Waals surface area contributed by atoms with Crippen molar-refractivity contribution in [3.05, 3.63) is 52.1 Å². The van der Waals surface area contributed by atoms with Crippen LogP contribution >= 0.6 is 0 Å². The third kappa shape index (κ3) is 7.33. The number of likely N-dealkylation sites (N-methyl/N-ethyl adjacent to an activating group) is 1. The van der Waals surface area contributed by atoms with Gasteiger partial charge in [-0.25, -0.2) is 14.1 Å². The number of anilines is 1. The van der Waals surface area contributed by atoms with Gasteiger partial charge < -0.3 is 25.7 Å². The van der Waals surface area contributed by atoms with Crippen LogP contribution in [0.1, 0.15) is 72.4 Å². The number of nitrogens with one attached hydrogen (secondary N) is 2. The second kappa shape index (κ2) is 14.0.